The third kappa shape index (κ3) is 3.02. The predicted octanol–water partition coefficient (Wildman–Crippen LogP) is 4.60. The van der Waals surface area contributed by atoms with Gasteiger partial charge >= 0.3 is 0 Å². The van der Waals surface area contributed by atoms with E-state index in [-0.39, 0.29) is 11.7 Å². The van der Waals surface area contributed by atoms with Crippen LogP contribution in [0.25, 0.3) is 22.3 Å². The van der Waals surface area contributed by atoms with Gasteiger partial charge in [-0.3, -0.25) is 0 Å². The van der Waals surface area contributed by atoms with Gasteiger partial charge in [0.1, 0.15) is 22.9 Å². The molecule has 0 radical (unpaired) electrons. The highest BCUT2D eigenvalue weighted by Crippen LogP contribution is 2.30. The largest absolute Gasteiger partial charge is 0.382 e. The summed E-state index contributed by atoms with van der Waals surface area (Å²) in [5, 5.41) is 4.14. The Bertz CT molecular complexity index is 1160. The average molecular weight is 379 g/mol. The molecule has 28 heavy (non-hydrogen) atoms. The van der Waals surface area contributed by atoms with Crippen molar-refractivity contribution in [2.75, 3.05) is 5.73 Å². The van der Waals surface area contributed by atoms with Crippen molar-refractivity contribution in [1.29, 1.82) is 0 Å². The second kappa shape index (κ2) is 6.74. The Morgan fingerprint density at radius 1 is 1.14 bits per heavy atom. The minimum atomic E-state index is -0.282. The van der Waals surface area contributed by atoms with Gasteiger partial charge in [-0.15, -0.1) is 0 Å². The van der Waals surface area contributed by atoms with Crippen LogP contribution in [-0.4, -0.2) is 19.7 Å². The maximum Gasteiger partial charge on any atom is 0.157 e. The van der Waals surface area contributed by atoms with Crippen molar-refractivity contribution in [3.05, 3.63) is 59.0 Å². The molecular weight excluding hydrogens is 357 g/mol. The fourth-order valence-electron chi connectivity index (χ4n) is 3.42. The molecule has 4 aromatic rings. The molecule has 0 fully saturated rings. The molecule has 3 heterocycles. The number of imidazole rings is 1. The first-order valence-corrected chi connectivity index (χ1v) is 9.19. The van der Waals surface area contributed by atoms with Crippen LogP contribution in [-0.2, 0) is 6.54 Å². The second-order valence-corrected chi connectivity index (χ2v) is 7.30. The Kier molecular flexibility index (Phi) is 4.37. The van der Waals surface area contributed by atoms with E-state index in [0.29, 0.717) is 29.3 Å². The van der Waals surface area contributed by atoms with Crippen molar-refractivity contribution < 1.29 is 8.91 Å². The zero-order valence-corrected chi connectivity index (χ0v) is 16.3. The summed E-state index contributed by atoms with van der Waals surface area (Å²) in [6, 6.07) is 8.06. The molecule has 1 aromatic carbocycles. The van der Waals surface area contributed by atoms with E-state index in [1.165, 1.54) is 12.1 Å². The molecule has 0 saturated carbocycles. The summed E-state index contributed by atoms with van der Waals surface area (Å²) in [5.41, 5.74) is 11.2. The van der Waals surface area contributed by atoms with Gasteiger partial charge in [-0.2, -0.15) is 0 Å². The molecular formula is C21H22FN5O. The molecule has 0 unspecified atom stereocenters. The van der Waals surface area contributed by atoms with Crippen LogP contribution in [0.15, 0.2) is 34.9 Å². The van der Waals surface area contributed by atoms with Gasteiger partial charge < -0.3 is 14.8 Å². The third-order valence-electron chi connectivity index (χ3n) is 4.96. The monoisotopic (exact) mass is 379 g/mol. The van der Waals surface area contributed by atoms with Gasteiger partial charge in [0.15, 0.2) is 11.6 Å². The zero-order valence-electron chi connectivity index (χ0n) is 16.3. The van der Waals surface area contributed by atoms with Gasteiger partial charge in [-0.1, -0.05) is 19.0 Å². The molecule has 7 heteroatoms. The summed E-state index contributed by atoms with van der Waals surface area (Å²) < 4.78 is 20.8. The van der Waals surface area contributed by atoms with Gasteiger partial charge in [0.05, 0.1) is 12.1 Å². The molecule has 0 aliphatic carbocycles. The summed E-state index contributed by atoms with van der Waals surface area (Å²) >= 11 is 0. The summed E-state index contributed by atoms with van der Waals surface area (Å²) in [6.07, 6.45) is 0. The number of nitrogens with zero attached hydrogens (tertiary/aromatic N) is 4. The van der Waals surface area contributed by atoms with Crippen LogP contribution >= 0.6 is 0 Å². The number of anilines is 1. The molecule has 6 nitrogen and oxygen atoms in total. The number of nitrogens with two attached hydrogens (primary N) is 1. The van der Waals surface area contributed by atoms with Crippen molar-refractivity contribution in [3.63, 3.8) is 0 Å². The highest BCUT2D eigenvalue weighted by molar-refractivity contribution is 5.88. The Balaban J connectivity index is 1.79. The minimum absolute atomic E-state index is 0.200. The Hall–Kier alpha value is -3.22. The van der Waals surface area contributed by atoms with Crippen LogP contribution in [0.5, 0.6) is 0 Å². The Morgan fingerprint density at radius 2 is 1.86 bits per heavy atom. The number of pyridine rings is 1. The molecule has 3 aromatic heterocycles. The van der Waals surface area contributed by atoms with Crippen molar-refractivity contribution in [1.82, 2.24) is 19.7 Å². The fraction of sp³-hybridized carbons (Fsp3) is 0.286. The smallest absolute Gasteiger partial charge is 0.157 e. The van der Waals surface area contributed by atoms with E-state index in [9.17, 15) is 4.39 Å². The van der Waals surface area contributed by atoms with E-state index in [1.807, 2.05) is 19.9 Å². The quantitative estimate of drug-likeness (QED) is 0.560. The third-order valence-corrected chi connectivity index (χ3v) is 4.96. The molecule has 0 saturated heterocycles. The van der Waals surface area contributed by atoms with Crippen LogP contribution in [0.4, 0.5) is 10.2 Å². The summed E-state index contributed by atoms with van der Waals surface area (Å²) in [7, 11) is 0. The van der Waals surface area contributed by atoms with Crippen LogP contribution in [0.1, 0.15) is 42.6 Å². The van der Waals surface area contributed by atoms with Crippen LogP contribution < -0.4 is 5.73 Å². The molecule has 2 N–H and O–H groups in total. The number of rotatable bonds is 4. The molecule has 0 spiro atoms. The summed E-state index contributed by atoms with van der Waals surface area (Å²) in [6.45, 7) is 8.62. The Labute approximate surface area is 162 Å². The van der Waals surface area contributed by atoms with Gasteiger partial charge in [0.2, 0.25) is 0 Å². The summed E-state index contributed by atoms with van der Waals surface area (Å²) in [4.78, 5) is 9.16. The van der Waals surface area contributed by atoms with Crippen LogP contribution in [0.2, 0.25) is 0 Å². The standard InChI is InChI=1S/C21H22FN5O/c1-11(2)21-25-18-19(12(3)13(4)24-20(18)23)27(21)10-16-9-17(26-28-16)14-5-7-15(22)8-6-14/h5-9,11H,10H2,1-4H3,(H2,23,24). The highest BCUT2D eigenvalue weighted by Gasteiger charge is 2.20. The van der Waals surface area contributed by atoms with E-state index in [1.54, 1.807) is 12.1 Å². The highest BCUT2D eigenvalue weighted by atomic mass is 19.1. The molecule has 4 rings (SSSR count). The lowest BCUT2D eigenvalue weighted by Crippen LogP contribution is -2.07. The molecule has 0 aliphatic rings. The maximum absolute atomic E-state index is 13.2. The van der Waals surface area contributed by atoms with E-state index in [2.05, 4.69) is 28.6 Å². The van der Waals surface area contributed by atoms with Crippen LogP contribution in [0.3, 0.4) is 0 Å². The predicted molar refractivity (Wildman–Crippen MR) is 107 cm³/mol. The molecule has 144 valence electrons. The van der Waals surface area contributed by atoms with Crippen molar-refractivity contribution in [2.45, 2.75) is 40.2 Å². The lowest BCUT2D eigenvalue weighted by atomic mass is 10.1. The number of fused-ring (bicyclic) bond motifs is 1. The number of halogens is 1. The fourth-order valence-corrected chi connectivity index (χ4v) is 3.42. The Morgan fingerprint density at radius 3 is 2.54 bits per heavy atom. The molecule has 0 bridgehead atoms. The number of aryl methyl sites for hydroxylation is 2. The lowest BCUT2D eigenvalue weighted by molar-refractivity contribution is 0.377. The van der Waals surface area contributed by atoms with Crippen molar-refractivity contribution in [3.8, 4) is 11.3 Å². The first kappa shape index (κ1) is 18.2. The van der Waals surface area contributed by atoms with Crippen molar-refractivity contribution in [2.24, 2.45) is 0 Å². The van der Waals surface area contributed by atoms with Gasteiger partial charge in [-0.05, 0) is 43.7 Å². The minimum Gasteiger partial charge on any atom is -0.382 e. The van der Waals surface area contributed by atoms with E-state index in [4.69, 9.17) is 15.2 Å². The number of nitrogen functional groups attached to an aromatic ring is 1. The zero-order chi connectivity index (χ0) is 20.0. The maximum atomic E-state index is 13.2. The second-order valence-electron chi connectivity index (χ2n) is 7.30. The normalized spacial score (nSPS) is 11.6. The number of hydrogen-bond acceptors (Lipinski definition) is 5. The van der Waals surface area contributed by atoms with Gasteiger partial charge in [0, 0.05) is 23.2 Å². The first-order valence-electron chi connectivity index (χ1n) is 9.19. The number of aromatic nitrogens is 4. The van der Waals surface area contributed by atoms with Gasteiger partial charge in [0.25, 0.3) is 0 Å². The molecule has 0 amide bonds. The van der Waals surface area contributed by atoms with E-state index in [0.717, 1.165) is 28.2 Å². The summed E-state index contributed by atoms with van der Waals surface area (Å²) in [5.74, 6) is 1.95. The lowest BCUT2D eigenvalue weighted by Gasteiger charge is -2.11. The number of benzene rings is 1. The SMILES string of the molecule is Cc1nc(N)c2nc(C(C)C)n(Cc3cc(-c4ccc(F)cc4)no3)c2c1C. The molecule has 0 atom stereocenters. The number of hydrogen-bond donors (Lipinski definition) is 1. The topological polar surface area (TPSA) is 82.8 Å². The molecule has 0 aliphatic heterocycles. The average Bonchev–Trinajstić information content (AvgIpc) is 3.26. The van der Waals surface area contributed by atoms with Gasteiger partial charge in [-0.25, -0.2) is 14.4 Å². The van der Waals surface area contributed by atoms with Crippen LogP contribution in [0, 0.1) is 19.7 Å². The first-order chi connectivity index (χ1) is 13.3. The van der Waals surface area contributed by atoms with E-state index >= 15 is 0 Å². The van der Waals surface area contributed by atoms with E-state index < -0.39 is 0 Å². The van der Waals surface area contributed by atoms with Crippen molar-refractivity contribution >= 4 is 16.9 Å².